The number of carbonyl (C=O) groups is 2. The zero-order valence-corrected chi connectivity index (χ0v) is 12.8. The first-order chi connectivity index (χ1) is 9.47. The van der Waals surface area contributed by atoms with Crippen LogP contribution in [0.1, 0.15) is 24.2 Å². The third kappa shape index (κ3) is 4.41. The molecule has 21 heavy (non-hydrogen) atoms. The van der Waals surface area contributed by atoms with Crippen LogP contribution in [0.2, 0.25) is 0 Å². The molecule has 0 radical (unpaired) electrons. The standard InChI is InChI=1S/C14H18FN3O2.ClH/c1-9-8-18(6-5-16-9)14(20)12-7-11(17-10(2)19)3-4-13(12)15;/h3-4,7,9,16H,5-6,8H2,1-2H3,(H,17,19);1H. The highest BCUT2D eigenvalue weighted by Crippen LogP contribution is 2.17. The van der Waals surface area contributed by atoms with E-state index in [0.29, 0.717) is 25.3 Å². The van der Waals surface area contributed by atoms with Crippen molar-refractivity contribution >= 4 is 29.9 Å². The highest BCUT2D eigenvalue weighted by Gasteiger charge is 2.24. The zero-order valence-electron chi connectivity index (χ0n) is 12.0. The third-order valence-electron chi connectivity index (χ3n) is 3.17. The molecule has 1 saturated heterocycles. The fourth-order valence-corrected chi connectivity index (χ4v) is 2.26. The van der Waals surface area contributed by atoms with E-state index in [9.17, 15) is 14.0 Å². The molecule has 7 heteroatoms. The van der Waals surface area contributed by atoms with E-state index in [0.717, 1.165) is 0 Å². The molecule has 5 nitrogen and oxygen atoms in total. The van der Waals surface area contributed by atoms with Gasteiger partial charge in [0.2, 0.25) is 5.91 Å². The Bertz CT molecular complexity index is 539. The maximum Gasteiger partial charge on any atom is 0.257 e. The molecule has 2 amide bonds. The molecular formula is C14H19ClFN3O2. The highest BCUT2D eigenvalue weighted by molar-refractivity contribution is 5.97. The fraction of sp³-hybridized carbons (Fsp3) is 0.429. The first-order valence-corrected chi connectivity index (χ1v) is 6.57. The summed E-state index contributed by atoms with van der Waals surface area (Å²) in [6.07, 6.45) is 0. The van der Waals surface area contributed by atoms with Crippen molar-refractivity contribution < 1.29 is 14.0 Å². The maximum absolute atomic E-state index is 13.8. The van der Waals surface area contributed by atoms with E-state index in [4.69, 9.17) is 0 Å². The zero-order chi connectivity index (χ0) is 14.7. The average Bonchev–Trinajstić information content (AvgIpc) is 2.39. The number of piperazine rings is 1. The summed E-state index contributed by atoms with van der Waals surface area (Å²) in [5.74, 6) is -1.18. The molecule has 0 aliphatic carbocycles. The molecule has 2 rings (SSSR count). The fourth-order valence-electron chi connectivity index (χ4n) is 2.26. The molecule has 1 atom stereocenters. The molecule has 0 saturated carbocycles. The summed E-state index contributed by atoms with van der Waals surface area (Å²) in [4.78, 5) is 25.0. The SMILES string of the molecule is CC(=O)Nc1ccc(F)c(C(=O)N2CCNC(C)C2)c1.Cl. The Morgan fingerprint density at radius 2 is 2.14 bits per heavy atom. The van der Waals surface area contributed by atoms with Crippen LogP contribution >= 0.6 is 12.4 Å². The first-order valence-electron chi connectivity index (χ1n) is 6.57. The number of anilines is 1. The van der Waals surface area contributed by atoms with E-state index in [1.165, 1.54) is 25.1 Å². The summed E-state index contributed by atoms with van der Waals surface area (Å²) >= 11 is 0. The van der Waals surface area contributed by atoms with Crippen LogP contribution < -0.4 is 10.6 Å². The minimum absolute atomic E-state index is 0. The van der Waals surface area contributed by atoms with Crippen molar-refractivity contribution in [3.8, 4) is 0 Å². The Balaban J connectivity index is 0.00000220. The van der Waals surface area contributed by atoms with Gasteiger partial charge in [-0.05, 0) is 25.1 Å². The molecule has 1 aromatic carbocycles. The lowest BCUT2D eigenvalue weighted by Crippen LogP contribution is -2.51. The second kappa shape index (κ2) is 7.38. The summed E-state index contributed by atoms with van der Waals surface area (Å²) in [7, 11) is 0. The molecule has 1 heterocycles. The number of amides is 2. The monoisotopic (exact) mass is 315 g/mol. The number of hydrogen-bond donors (Lipinski definition) is 2. The smallest absolute Gasteiger partial charge is 0.257 e. The summed E-state index contributed by atoms with van der Waals surface area (Å²) in [6, 6.07) is 4.21. The van der Waals surface area contributed by atoms with Crippen LogP contribution in [0.3, 0.4) is 0 Å². The Morgan fingerprint density at radius 1 is 1.43 bits per heavy atom. The number of nitrogens with one attached hydrogen (secondary N) is 2. The van der Waals surface area contributed by atoms with Gasteiger partial charge in [0.1, 0.15) is 5.82 Å². The van der Waals surface area contributed by atoms with Crippen LogP contribution in [0.25, 0.3) is 0 Å². The van der Waals surface area contributed by atoms with Gasteiger partial charge in [-0.3, -0.25) is 9.59 Å². The summed E-state index contributed by atoms with van der Waals surface area (Å²) < 4.78 is 13.8. The number of nitrogens with zero attached hydrogens (tertiary/aromatic N) is 1. The second-order valence-electron chi connectivity index (χ2n) is 4.98. The Labute approximate surface area is 129 Å². The molecule has 1 fully saturated rings. The minimum Gasteiger partial charge on any atom is -0.336 e. The number of halogens is 2. The molecule has 0 spiro atoms. The Hall–Kier alpha value is -1.66. The van der Waals surface area contributed by atoms with Crippen LogP contribution in [-0.4, -0.2) is 42.4 Å². The van der Waals surface area contributed by atoms with E-state index < -0.39 is 5.82 Å². The molecule has 116 valence electrons. The molecule has 1 aliphatic rings. The quantitative estimate of drug-likeness (QED) is 0.872. The van der Waals surface area contributed by atoms with Crippen LogP contribution in [0, 0.1) is 5.82 Å². The number of benzene rings is 1. The van der Waals surface area contributed by atoms with Gasteiger partial charge in [0.15, 0.2) is 0 Å². The van der Waals surface area contributed by atoms with E-state index in [2.05, 4.69) is 10.6 Å². The van der Waals surface area contributed by atoms with Gasteiger partial charge in [-0.15, -0.1) is 12.4 Å². The van der Waals surface area contributed by atoms with Crippen LogP contribution in [0.15, 0.2) is 18.2 Å². The maximum atomic E-state index is 13.8. The molecule has 1 unspecified atom stereocenters. The topological polar surface area (TPSA) is 61.4 Å². The third-order valence-corrected chi connectivity index (χ3v) is 3.17. The Morgan fingerprint density at radius 3 is 2.76 bits per heavy atom. The van der Waals surface area contributed by atoms with Crippen LogP contribution in [0.4, 0.5) is 10.1 Å². The van der Waals surface area contributed by atoms with Crippen LogP contribution in [-0.2, 0) is 4.79 Å². The van der Waals surface area contributed by atoms with Gasteiger partial charge < -0.3 is 15.5 Å². The van der Waals surface area contributed by atoms with E-state index >= 15 is 0 Å². The second-order valence-corrected chi connectivity index (χ2v) is 4.98. The molecule has 1 aromatic rings. The average molecular weight is 316 g/mol. The van der Waals surface area contributed by atoms with E-state index in [-0.39, 0.29) is 35.8 Å². The van der Waals surface area contributed by atoms with Crippen molar-refractivity contribution in [3.05, 3.63) is 29.6 Å². The van der Waals surface area contributed by atoms with E-state index in [1.807, 2.05) is 6.92 Å². The van der Waals surface area contributed by atoms with Gasteiger partial charge in [-0.1, -0.05) is 0 Å². The van der Waals surface area contributed by atoms with Crippen molar-refractivity contribution in [1.82, 2.24) is 10.2 Å². The van der Waals surface area contributed by atoms with Crippen molar-refractivity contribution in [3.63, 3.8) is 0 Å². The van der Waals surface area contributed by atoms with Crippen molar-refractivity contribution in [2.24, 2.45) is 0 Å². The minimum atomic E-state index is -0.574. The van der Waals surface area contributed by atoms with Gasteiger partial charge >= 0.3 is 0 Å². The van der Waals surface area contributed by atoms with E-state index in [1.54, 1.807) is 4.90 Å². The van der Waals surface area contributed by atoms with Gasteiger partial charge in [0, 0.05) is 38.3 Å². The molecule has 2 N–H and O–H groups in total. The lowest BCUT2D eigenvalue weighted by atomic mass is 10.1. The van der Waals surface area contributed by atoms with Crippen molar-refractivity contribution in [1.29, 1.82) is 0 Å². The number of carbonyl (C=O) groups excluding carboxylic acids is 2. The summed E-state index contributed by atoms with van der Waals surface area (Å²) in [6.45, 7) is 5.13. The van der Waals surface area contributed by atoms with Crippen molar-refractivity contribution in [2.75, 3.05) is 25.0 Å². The molecule has 0 aromatic heterocycles. The summed E-state index contributed by atoms with van der Waals surface area (Å²) in [5.41, 5.74) is 0.413. The van der Waals surface area contributed by atoms with Crippen LogP contribution in [0.5, 0.6) is 0 Å². The number of rotatable bonds is 2. The largest absolute Gasteiger partial charge is 0.336 e. The molecular weight excluding hydrogens is 297 g/mol. The summed E-state index contributed by atoms with van der Waals surface area (Å²) in [5, 5.41) is 5.78. The highest BCUT2D eigenvalue weighted by atomic mass is 35.5. The van der Waals surface area contributed by atoms with Gasteiger partial charge in [0.25, 0.3) is 5.91 Å². The van der Waals surface area contributed by atoms with Crippen molar-refractivity contribution in [2.45, 2.75) is 19.9 Å². The van der Waals surface area contributed by atoms with Gasteiger partial charge in [-0.25, -0.2) is 4.39 Å². The lowest BCUT2D eigenvalue weighted by molar-refractivity contribution is -0.114. The number of hydrogen-bond acceptors (Lipinski definition) is 3. The Kier molecular flexibility index (Phi) is 6.11. The first kappa shape index (κ1) is 17.4. The molecule has 0 bridgehead atoms. The predicted molar refractivity (Wildman–Crippen MR) is 81.3 cm³/mol. The predicted octanol–water partition coefficient (Wildman–Crippen LogP) is 1.64. The lowest BCUT2D eigenvalue weighted by Gasteiger charge is -2.32. The van der Waals surface area contributed by atoms with Gasteiger partial charge in [0.05, 0.1) is 5.56 Å². The normalized spacial score (nSPS) is 17.9. The molecule has 1 aliphatic heterocycles. The van der Waals surface area contributed by atoms with Gasteiger partial charge in [-0.2, -0.15) is 0 Å².